The van der Waals surface area contributed by atoms with Crippen LogP contribution in [0.1, 0.15) is 17.3 Å². The number of furan rings is 1. The van der Waals surface area contributed by atoms with Crippen LogP contribution in [0.3, 0.4) is 0 Å². The Morgan fingerprint density at radius 3 is 2.73 bits per heavy atom. The van der Waals surface area contributed by atoms with Gasteiger partial charge in [-0.05, 0) is 24.6 Å². The highest BCUT2D eigenvalue weighted by atomic mass is 35.5. The van der Waals surface area contributed by atoms with E-state index in [-0.39, 0.29) is 23.2 Å². The van der Waals surface area contributed by atoms with E-state index in [0.29, 0.717) is 6.54 Å². The third-order valence-corrected chi connectivity index (χ3v) is 1.94. The van der Waals surface area contributed by atoms with Crippen molar-refractivity contribution in [1.29, 1.82) is 0 Å². The van der Waals surface area contributed by atoms with Crippen molar-refractivity contribution in [1.82, 2.24) is 10.6 Å². The van der Waals surface area contributed by atoms with Crippen molar-refractivity contribution in [3.05, 3.63) is 23.1 Å². The van der Waals surface area contributed by atoms with Crippen molar-refractivity contribution in [2.45, 2.75) is 6.92 Å². The Labute approximate surface area is 91.8 Å². The molecule has 0 aliphatic rings. The molecule has 0 bridgehead atoms. The maximum absolute atomic E-state index is 11.4. The van der Waals surface area contributed by atoms with Crippen LogP contribution >= 0.6 is 11.6 Å². The Balaban J connectivity index is 2.44. The molecule has 0 saturated heterocycles. The van der Waals surface area contributed by atoms with E-state index in [9.17, 15) is 9.59 Å². The fraction of sp³-hybridized carbons (Fsp3) is 0.333. The first-order valence-corrected chi connectivity index (χ1v) is 4.80. The summed E-state index contributed by atoms with van der Waals surface area (Å²) in [7, 11) is 0. The molecule has 2 amide bonds. The predicted octanol–water partition coefficient (Wildman–Crippen LogP) is 0.799. The third-order valence-electron chi connectivity index (χ3n) is 1.65. The quantitative estimate of drug-likeness (QED) is 0.804. The van der Waals surface area contributed by atoms with Gasteiger partial charge in [-0.25, -0.2) is 0 Å². The lowest BCUT2D eigenvalue weighted by atomic mass is 10.3. The first-order valence-electron chi connectivity index (χ1n) is 4.43. The first kappa shape index (κ1) is 11.6. The third kappa shape index (κ3) is 3.28. The molecule has 2 N–H and O–H groups in total. The van der Waals surface area contributed by atoms with Crippen LogP contribution in [-0.2, 0) is 4.79 Å². The molecule has 0 saturated carbocycles. The number of hydrogen-bond donors (Lipinski definition) is 2. The zero-order valence-corrected chi connectivity index (χ0v) is 8.93. The second-order valence-electron chi connectivity index (χ2n) is 2.74. The van der Waals surface area contributed by atoms with Gasteiger partial charge >= 0.3 is 0 Å². The fourth-order valence-electron chi connectivity index (χ4n) is 0.971. The standard InChI is InChI=1S/C9H11ClN2O3/c1-2-11-7(13)5-12-9(14)6-3-4-15-8(6)10/h3-4H,2,5H2,1H3,(H,11,13)(H,12,14). The zero-order chi connectivity index (χ0) is 11.3. The molecular weight excluding hydrogens is 220 g/mol. The molecule has 1 rings (SSSR count). The monoisotopic (exact) mass is 230 g/mol. The molecule has 0 fully saturated rings. The van der Waals surface area contributed by atoms with Crippen LogP contribution in [0.25, 0.3) is 0 Å². The van der Waals surface area contributed by atoms with Crippen molar-refractivity contribution < 1.29 is 14.0 Å². The lowest BCUT2D eigenvalue weighted by Gasteiger charge is -2.03. The van der Waals surface area contributed by atoms with E-state index in [0.717, 1.165) is 0 Å². The van der Waals surface area contributed by atoms with Gasteiger partial charge in [0, 0.05) is 6.54 Å². The van der Waals surface area contributed by atoms with Gasteiger partial charge in [0.05, 0.1) is 18.4 Å². The molecule has 82 valence electrons. The van der Waals surface area contributed by atoms with Crippen LogP contribution < -0.4 is 10.6 Å². The Kier molecular flexibility index (Phi) is 4.17. The van der Waals surface area contributed by atoms with Crippen molar-refractivity contribution >= 4 is 23.4 Å². The Bertz CT molecular complexity index is 362. The van der Waals surface area contributed by atoms with Crippen molar-refractivity contribution in [2.75, 3.05) is 13.1 Å². The van der Waals surface area contributed by atoms with E-state index in [1.807, 2.05) is 0 Å². The van der Waals surface area contributed by atoms with Gasteiger partial charge in [-0.2, -0.15) is 0 Å². The highest BCUT2D eigenvalue weighted by Crippen LogP contribution is 2.15. The van der Waals surface area contributed by atoms with E-state index in [4.69, 9.17) is 16.0 Å². The number of hydrogen-bond acceptors (Lipinski definition) is 3. The van der Waals surface area contributed by atoms with Crippen molar-refractivity contribution in [2.24, 2.45) is 0 Å². The number of carbonyl (C=O) groups is 2. The van der Waals surface area contributed by atoms with Gasteiger partial charge in [0.1, 0.15) is 0 Å². The number of halogens is 1. The summed E-state index contributed by atoms with van der Waals surface area (Å²) >= 11 is 5.58. The average molecular weight is 231 g/mol. The minimum absolute atomic E-state index is 0.0170. The molecule has 0 aromatic carbocycles. The minimum atomic E-state index is -0.431. The van der Waals surface area contributed by atoms with Gasteiger partial charge in [0.25, 0.3) is 5.91 Å². The highest BCUT2D eigenvalue weighted by Gasteiger charge is 2.13. The molecule has 1 aromatic heterocycles. The number of rotatable bonds is 4. The van der Waals surface area contributed by atoms with Gasteiger partial charge in [0.2, 0.25) is 11.1 Å². The van der Waals surface area contributed by atoms with Gasteiger partial charge in [0.15, 0.2) is 0 Å². The normalized spacial score (nSPS) is 9.73. The molecule has 0 unspecified atom stereocenters. The maximum atomic E-state index is 11.4. The molecule has 0 atom stereocenters. The number of nitrogens with one attached hydrogen (secondary N) is 2. The Hall–Kier alpha value is -1.49. The number of carbonyl (C=O) groups excluding carboxylic acids is 2. The second-order valence-corrected chi connectivity index (χ2v) is 3.09. The SMILES string of the molecule is CCNC(=O)CNC(=O)c1ccoc1Cl. The molecule has 0 radical (unpaired) electrons. The smallest absolute Gasteiger partial charge is 0.256 e. The molecule has 1 aromatic rings. The number of amides is 2. The minimum Gasteiger partial charge on any atom is -0.452 e. The van der Waals surface area contributed by atoms with Gasteiger partial charge in [-0.15, -0.1) is 0 Å². The van der Waals surface area contributed by atoms with E-state index in [1.165, 1.54) is 12.3 Å². The Morgan fingerprint density at radius 2 is 2.20 bits per heavy atom. The first-order chi connectivity index (χ1) is 7.15. The molecule has 0 spiro atoms. The molecule has 15 heavy (non-hydrogen) atoms. The molecule has 0 aliphatic carbocycles. The summed E-state index contributed by atoms with van der Waals surface area (Å²) in [6, 6.07) is 1.44. The molecule has 0 aliphatic heterocycles. The summed E-state index contributed by atoms with van der Waals surface area (Å²) in [5, 5.41) is 4.98. The highest BCUT2D eigenvalue weighted by molar-refractivity contribution is 6.32. The second kappa shape index (κ2) is 5.41. The topological polar surface area (TPSA) is 71.3 Å². The molecule has 5 nitrogen and oxygen atoms in total. The summed E-state index contributed by atoms with van der Waals surface area (Å²) in [5.41, 5.74) is 0.223. The van der Waals surface area contributed by atoms with Crippen LogP contribution in [0.2, 0.25) is 5.22 Å². The van der Waals surface area contributed by atoms with E-state index >= 15 is 0 Å². The lowest BCUT2D eigenvalue weighted by molar-refractivity contribution is -0.120. The van der Waals surface area contributed by atoms with Crippen molar-refractivity contribution in [3.63, 3.8) is 0 Å². The molecule has 1 heterocycles. The van der Waals surface area contributed by atoms with E-state index in [2.05, 4.69) is 10.6 Å². The summed E-state index contributed by atoms with van der Waals surface area (Å²) in [6.07, 6.45) is 1.31. The van der Waals surface area contributed by atoms with E-state index in [1.54, 1.807) is 6.92 Å². The summed E-state index contributed by atoms with van der Waals surface area (Å²) in [5.74, 6) is -0.675. The molecule has 6 heteroatoms. The summed E-state index contributed by atoms with van der Waals surface area (Å²) in [6.45, 7) is 2.25. The van der Waals surface area contributed by atoms with Gasteiger partial charge < -0.3 is 15.1 Å². The summed E-state index contributed by atoms with van der Waals surface area (Å²) in [4.78, 5) is 22.4. The number of likely N-dealkylation sites (N-methyl/N-ethyl adjacent to an activating group) is 1. The average Bonchev–Trinajstić information content (AvgIpc) is 2.61. The van der Waals surface area contributed by atoms with Crippen molar-refractivity contribution in [3.8, 4) is 0 Å². The van der Waals surface area contributed by atoms with Gasteiger partial charge in [-0.1, -0.05) is 0 Å². The molecular formula is C9H11ClN2O3. The lowest BCUT2D eigenvalue weighted by Crippen LogP contribution is -2.36. The van der Waals surface area contributed by atoms with Gasteiger partial charge in [-0.3, -0.25) is 9.59 Å². The summed E-state index contributed by atoms with van der Waals surface area (Å²) < 4.78 is 4.74. The Morgan fingerprint density at radius 1 is 1.47 bits per heavy atom. The zero-order valence-electron chi connectivity index (χ0n) is 8.17. The van der Waals surface area contributed by atoms with E-state index < -0.39 is 5.91 Å². The van der Waals surface area contributed by atoms with Crippen LogP contribution in [0, 0.1) is 0 Å². The van der Waals surface area contributed by atoms with Crippen LogP contribution in [0.4, 0.5) is 0 Å². The van der Waals surface area contributed by atoms with Crippen LogP contribution in [0.5, 0.6) is 0 Å². The van der Waals surface area contributed by atoms with Crippen LogP contribution in [0.15, 0.2) is 16.7 Å². The fourth-order valence-corrected chi connectivity index (χ4v) is 1.17. The van der Waals surface area contributed by atoms with Crippen LogP contribution in [-0.4, -0.2) is 24.9 Å². The predicted molar refractivity (Wildman–Crippen MR) is 54.7 cm³/mol. The maximum Gasteiger partial charge on any atom is 0.256 e. The largest absolute Gasteiger partial charge is 0.452 e.